The molecule has 50 valence electrons. The minimum absolute atomic E-state index is 0.392. The van der Waals surface area contributed by atoms with Crippen LogP contribution in [0.2, 0.25) is 0 Å². The van der Waals surface area contributed by atoms with Gasteiger partial charge in [-0.15, -0.1) is 0 Å². The van der Waals surface area contributed by atoms with Gasteiger partial charge in [0.25, 0.3) is 0 Å². The second-order valence-corrected chi connectivity index (χ2v) is 7.05. The van der Waals surface area contributed by atoms with Crippen molar-refractivity contribution in [2.45, 2.75) is 13.8 Å². The summed E-state index contributed by atoms with van der Waals surface area (Å²) in [6.07, 6.45) is 9.13. The van der Waals surface area contributed by atoms with Crippen LogP contribution in [0, 0.1) is 0 Å². The molecule has 0 heterocycles. The molecule has 0 saturated heterocycles. The van der Waals surface area contributed by atoms with Gasteiger partial charge in [-0.3, -0.25) is 0 Å². The average molecular weight is 132 g/mol. The van der Waals surface area contributed by atoms with E-state index >= 15 is 0 Å². The van der Waals surface area contributed by atoms with Crippen molar-refractivity contribution >= 4 is 10.0 Å². The van der Waals surface area contributed by atoms with E-state index in [1.165, 1.54) is 4.91 Å². The maximum Gasteiger partial charge on any atom is -0.0313 e. The zero-order valence-corrected chi connectivity index (χ0v) is 7.30. The molecule has 0 nitrogen and oxygen atoms in total. The molecule has 0 bridgehead atoms. The lowest BCUT2D eigenvalue weighted by molar-refractivity contribution is 1.57. The minimum atomic E-state index is -0.392. The van der Waals surface area contributed by atoms with Crippen molar-refractivity contribution < 1.29 is 0 Å². The Morgan fingerprint density at radius 3 is 1.62 bits per heavy atom. The molecule has 8 heavy (non-hydrogen) atoms. The highest BCUT2D eigenvalue weighted by Gasteiger charge is 2.03. The molecule has 0 aromatic rings. The largest absolute Gasteiger partial charge is 0.228 e. The Balaban J connectivity index is 4.03. The highest BCUT2D eigenvalue weighted by Crippen LogP contribution is 2.43. The third kappa shape index (κ3) is 2.41. The molecule has 0 aliphatic heterocycles. The monoisotopic (exact) mass is 132 g/mol. The molecule has 0 aromatic carbocycles. The second-order valence-electron chi connectivity index (χ2n) is 2.74. The van der Waals surface area contributed by atoms with Crippen LogP contribution in [0.25, 0.3) is 0 Å². The topological polar surface area (TPSA) is 0 Å². The molecule has 0 spiro atoms. The molecule has 1 heteroatoms. The Kier molecular flexibility index (Phi) is 2.61. The fourth-order valence-corrected chi connectivity index (χ4v) is 1.06. The van der Waals surface area contributed by atoms with Gasteiger partial charge >= 0.3 is 0 Å². The van der Waals surface area contributed by atoms with Crippen molar-refractivity contribution in [1.29, 1.82) is 0 Å². The van der Waals surface area contributed by atoms with Crippen LogP contribution >= 0.6 is 10.0 Å². The van der Waals surface area contributed by atoms with Gasteiger partial charge in [-0.2, -0.15) is 0 Å². The summed E-state index contributed by atoms with van der Waals surface area (Å²) in [5, 5.41) is 0. The predicted molar refractivity (Wildman–Crippen MR) is 44.8 cm³/mol. The summed E-state index contributed by atoms with van der Waals surface area (Å²) in [4.78, 5) is 1.54. The maximum absolute atomic E-state index is 2.31. The molecule has 0 unspecified atom stereocenters. The predicted octanol–water partition coefficient (Wildman–Crippen LogP) is 2.60. The lowest BCUT2D eigenvalue weighted by Crippen LogP contribution is -1.91. The van der Waals surface area contributed by atoms with E-state index in [2.05, 4.69) is 38.7 Å². The van der Waals surface area contributed by atoms with Gasteiger partial charge in [0.15, 0.2) is 0 Å². The third-order valence-corrected chi connectivity index (χ3v) is 3.54. The smallest absolute Gasteiger partial charge is 0.0313 e. The van der Waals surface area contributed by atoms with Crippen molar-refractivity contribution in [2.75, 3.05) is 18.8 Å². The van der Waals surface area contributed by atoms with Crippen LogP contribution in [0.3, 0.4) is 0 Å². The van der Waals surface area contributed by atoms with Crippen LogP contribution in [0.4, 0.5) is 0 Å². The zero-order valence-electron chi connectivity index (χ0n) is 6.49. The van der Waals surface area contributed by atoms with Gasteiger partial charge in [0.05, 0.1) is 0 Å². The van der Waals surface area contributed by atoms with Crippen LogP contribution in [0.15, 0.2) is 11.0 Å². The highest BCUT2D eigenvalue weighted by molar-refractivity contribution is 8.35. The molecule has 0 aromatic heterocycles. The summed E-state index contributed by atoms with van der Waals surface area (Å²) in [6.45, 7) is 4.31. The molecular weight excluding hydrogens is 116 g/mol. The Hall–Kier alpha value is 0.0900. The van der Waals surface area contributed by atoms with Crippen molar-refractivity contribution in [1.82, 2.24) is 0 Å². The first-order valence-corrected chi connectivity index (χ1v) is 5.65. The molecule has 0 fully saturated rings. The van der Waals surface area contributed by atoms with Gasteiger partial charge in [0, 0.05) is 0 Å². The summed E-state index contributed by atoms with van der Waals surface area (Å²) < 4.78 is 0. The summed E-state index contributed by atoms with van der Waals surface area (Å²) in [6, 6.07) is 0. The minimum Gasteiger partial charge on any atom is -0.228 e. The molecule has 0 radical (unpaired) electrons. The van der Waals surface area contributed by atoms with E-state index in [1.807, 2.05) is 0 Å². The first-order valence-electron chi connectivity index (χ1n) is 2.79. The molecular formula is C7H16S. The standard InChI is InChI=1S/C7H16S/c1-6-7(2)8(3,4)5/h6H,1-5H3/b7-6+. The molecule has 0 amide bonds. The Bertz CT molecular complexity index is 95.4. The van der Waals surface area contributed by atoms with E-state index in [-0.39, 0.29) is 0 Å². The second kappa shape index (κ2) is 2.58. The number of allylic oxidation sites excluding steroid dienone is 2. The maximum atomic E-state index is 2.31. The lowest BCUT2D eigenvalue weighted by Gasteiger charge is -2.25. The summed E-state index contributed by atoms with van der Waals surface area (Å²) in [5.41, 5.74) is 0. The summed E-state index contributed by atoms with van der Waals surface area (Å²) >= 11 is 0. The normalized spacial score (nSPS) is 16.4. The van der Waals surface area contributed by atoms with Gasteiger partial charge in [-0.05, 0) is 37.5 Å². The lowest BCUT2D eigenvalue weighted by atomic mass is 10.6. The third-order valence-electron chi connectivity index (χ3n) is 1.37. The van der Waals surface area contributed by atoms with Crippen molar-refractivity contribution in [3.05, 3.63) is 11.0 Å². The van der Waals surface area contributed by atoms with Crippen molar-refractivity contribution in [3.63, 3.8) is 0 Å². The first kappa shape index (κ1) is 8.09. The zero-order chi connectivity index (χ0) is 6.78. The Labute approximate surface area is 54.3 Å². The van der Waals surface area contributed by atoms with Gasteiger partial charge in [-0.1, -0.05) is 6.08 Å². The molecule has 0 saturated carbocycles. The highest BCUT2D eigenvalue weighted by atomic mass is 32.3. The molecule has 0 N–H and O–H groups in total. The quantitative estimate of drug-likeness (QED) is 0.514. The molecule has 0 rings (SSSR count). The number of hydrogen-bond acceptors (Lipinski definition) is 0. The van der Waals surface area contributed by atoms with Crippen LogP contribution < -0.4 is 0 Å². The van der Waals surface area contributed by atoms with Gasteiger partial charge < -0.3 is 0 Å². The van der Waals surface area contributed by atoms with Crippen LogP contribution in [0.5, 0.6) is 0 Å². The number of rotatable bonds is 1. The molecule has 0 aliphatic carbocycles. The fraction of sp³-hybridized carbons (Fsp3) is 0.714. The summed E-state index contributed by atoms with van der Waals surface area (Å²) in [5.74, 6) is 0. The Morgan fingerprint density at radius 2 is 1.62 bits per heavy atom. The van der Waals surface area contributed by atoms with Gasteiger partial charge in [0.1, 0.15) is 0 Å². The van der Waals surface area contributed by atoms with Crippen molar-refractivity contribution in [3.8, 4) is 0 Å². The average Bonchev–Trinajstić information content (AvgIpc) is 1.62. The van der Waals surface area contributed by atoms with E-state index in [1.54, 1.807) is 0 Å². The van der Waals surface area contributed by atoms with E-state index in [9.17, 15) is 0 Å². The van der Waals surface area contributed by atoms with Crippen LogP contribution in [-0.2, 0) is 0 Å². The van der Waals surface area contributed by atoms with E-state index in [0.29, 0.717) is 0 Å². The molecule has 0 atom stereocenters. The van der Waals surface area contributed by atoms with Crippen molar-refractivity contribution in [2.24, 2.45) is 0 Å². The van der Waals surface area contributed by atoms with E-state index < -0.39 is 10.0 Å². The van der Waals surface area contributed by atoms with Gasteiger partial charge in [-0.25, -0.2) is 10.0 Å². The summed E-state index contributed by atoms with van der Waals surface area (Å²) in [7, 11) is -0.392. The fourth-order valence-electron chi connectivity index (χ4n) is 0.354. The van der Waals surface area contributed by atoms with E-state index in [4.69, 9.17) is 0 Å². The molecule has 0 aliphatic rings. The first-order chi connectivity index (χ1) is 3.48. The van der Waals surface area contributed by atoms with Crippen LogP contribution in [0.1, 0.15) is 13.8 Å². The SMILES string of the molecule is C/C=C(\C)S(C)(C)C. The van der Waals surface area contributed by atoms with Crippen LogP contribution in [-0.4, -0.2) is 18.8 Å². The Morgan fingerprint density at radius 1 is 1.25 bits per heavy atom. The number of hydrogen-bond donors (Lipinski definition) is 0. The van der Waals surface area contributed by atoms with Gasteiger partial charge in [0.2, 0.25) is 0 Å². The van der Waals surface area contributed by atoms with E-state index in [0.717, 1.165) is 0 Å².